The SMILES string of the molecule is O=C1[N]NC(=O)N=N1. The summed E-state index contributed by atoms with van der Waals surface area (Å²) < 4.78 is 0. The molecule has 0 bridgehead atoms. The molecule has 0 unspecified atom stereocenters. The molecule has 0 spiro atoms. The van der Waals surface area contributed by atoms with Gasteiger partial charge in [0.25, 0.3) is 0 Å². The summed E-state index contributed by atoms with van der Waals surface area (Å²) in [5, 5.41) is 5.66. The second kappa shape index (κ2) is 1.57. The summed E-state index contributed by atoms with van der Waals surface area (Å²) in [4.78, 5) is 20.0. The van der Waals surface area contributed by atoms with Gasteiger partial charge in [-0.05, 0) is 0 Å². The number of carbonyl (C=O) groups excluding carboxylic acids is 2. The van der Waals surface area contributed by atoms with Crippen molar-refractivity contribution in [3.8, 4) is 0 Å². The molecule has 0 aliphatic carbocycles. The third-order valence-corrected chi connectivity index (χ3v) is 0.474. The van der Waals surface area contributed by atoms with E-state index in [-0.39, 0.29) is 0 Å². The predicted molar refractivity (Wildman–Crippen MR) is 20.9 cm³/mol. The Hall–Kier alpha value is -1.46. The molecule has 1 heterocycles. The van der Waals surface area contributed by atoms with Crippen molar-refractivity contribution in [1.82, 2.24) is 10.9 Å². The minimum Gasteiger partial charge on any atom is -0.243 e. The lowest BCUT2D eigenvalue weighted by Gasteiger charge is -1.97. The lowest BCUT2D eigenvalue weighted by molar-refractivity contribution is 0.224. The monoisotopic (exact) mass is 113 g/mol. The molecule has 41 valence electrons. The van der Waals surface area contributed by atoms with Gasteiger partial charge in [0.15, 0.2) is 0 Å². The molecule has 0 atom stereocenters. The first-order chi connectivity index (χ1) is 3.79. The standard InChI is InChI=1S/C2HN4O2/c7-1-3-5-2(8)6-4-1/h(H,3,7). The summed E-state index contributed by atoms with van der Waals surface area (Å²) in [6.45, 7) is 0. The number of nitrogens with one attached hydrogen (secondary N) is 1. The molecule has 0 aromatic rings. The zero-order valence-corrected chi connectivity index (χ0v) is 3.66. The minimum absolute atomic E-state index is 0.718. The summed E-state index contributed by atoms with van der Waals surface area (Å²) in [6.07, 6.45) is 0. The molecular formula is C2HN4O2. The van der Waals surface area contributed by atoms with Crippen molar-refractivity contribution in [2.45, 2.75) is 0 Å². The van der Waals surface area contributed by atoms with Crippen LogP contribution >= 0.6 is 0 Å². The average molecular weight is 113 g/mol. The van der Waals surface area contributed by atoms with E-state index in [1.807, 2.05) is 5.43 Å². The number of azo groups is 1. The lowest BCUT2D eigenvalue weighted by atomic mass is 11.0. The van der Waals surface area contributed by atoms with Crippen molar-refractivity contribution in [3.05, 3.63) is 0 Å². The Bertz CT molecular complexity index is 143. The summed E-state index contributed by atoms with van der Waals surface area (Å²) in [7, 11) is 0. The van der Waals surface area contributed by atoms with Crippen LogP contribution in [0.1, 0.15) is 0 Å². The van der Waals surface area contributed by atoms with Crippen LogP contribution < -0.4 is 10.9 Å². The van der Waals surface area contributed by atoms with E-state index in [0.29, 0.717) is 0 Å². The Labute approximate surface area is 43.9 Å². The van der Waals surface area contributed by atoms with Gasteiger partial charge in [-0.3, -0.25) is 0 Å². The van der Waals surface area contributed by atoms with Crippen LogP contribution in [0.4, 0.5) is 9.59 Å². The molecular weight excluding hydrogens is 112 g/mol. The molecule has 0 aromatic carbocycles. The van der Waals surface area contributed by atoms with Crippen LogP contribution in [-0.4, -0.2) is 12.1 Å². The Morgan fingerprint density at radius 1 is 1.25 bits per heavy atom. The van der Waals surface area contributed by atoms with Crippen molar-refractivity contribution >= 4 is 12.1 Å². The van der Waals surface area contributed by atoms with Crippen LogP contribution in [0, 0.1) is 0 Å². The van der Waals surface area contributed by atoms with Crippen molar-refractivity contribution in [3.63, 3.8) is 0 Å². The summed E-state index contributed by atoms with van der Waals surface area (Å²) in [5.41, 5.74) is 4.72. The first-order valence-corrected chi connectivity index (χ1v) is 1.75. The third-order valence-electron chi connectivity index (χ3n) is 0.474. The normalized spacial score (nSPS) is 17.5. The van der Waals surface area contributed by atoms with E-state index in [0.717, 1.165) is 0 Å². The van der Waals surface area contributed by atoms with Crippen LogP contribution in [0.2, 0.25) is 0 Å². The molecule has 6 nitrogen and oxygen atoms in total. The zero-order chi connectivity index (χ0) is 5.98. The highest BCUT2D eigenvalue weighted by atomic mass is 16.2. The van der Waals surface area contributed by atoms with E-state index < -0.39 is 12.1 Å². The molecule has 1 aliphatic heterocycles. The predicted octanol–water partition coefficient (Wildman–Crippen LogP) is -0.199. The molecule has 6 heteroatoms. The van der Waals surface area contributed by atoms with Gasteiger partial charge in [-0.15, -0.1) is 5.43 Å². The van der Waals surface area contributed by atoms with Gasteiger partial charge in [0, 0.05) is 0 Å². The van der Waals surface area contributed by atoms with E-state index >= 15 is 0 Å². The Balaban J connectivity index is 2.68. The molecule has 0 fully saturated rings. The first-order valence-electron chi connectivity index (χ1n) is 1.75. The Kier molecular flexibility index (Phi) is 0.918. The van der Waals surface area contributed by atoms with Crippen LogP contribution in [0.5, 0.6) is 0 Å². The van der Waals surface area contributed by atoms with Crippen molar-refractivity contribution in [2.24, 2.45) is 10.2 Å². The van der Waals surface area contributed by atoms with E-state index in [2.05, 4.69) is 15.7 Å². The number of amides is 4. The van der Waals surface area contributed by atoms with Gasteiger partial charge in [0.05, 0.1) is 0 Å². The van der Waals surface area contributed by atoms with E-state index in [9.17, 15) is 9.59 Å². The second-order valence-electron chi connectivity index (χ2n) is 1.01. The van der Waals surface area contributed by atoms with E-state index in [1.54, 1.807) is 0 Å². The van der Waals surface area contributed by atoms with Gasteiger partial charge in [-0.25, -0.2) is 15.0 Å². The molecule has 0 aromatic heterocycles. The topological polar surface area (TPSA) is 85.0 Å². The molecule has 4 amide bonds. The molecule has 8 heavy (non-hydrogen) atoms. The fourth-order valence-corrected chi connectivity index (χ4v) is 0.229. The third kappa shape index (κ3) is 0.780. The van der Waals surface area contributed by atoms with Crippen molar-refractivity contribution in [1.29, 1.82) is 0 Å². The zero-order valence-electron chi connectivity index (χ0n) is 3.66. The average Bonchev–Trinajstić information content (AvgIpc) is 1.77. The van der Waals surface area contributed by atoms with Crippen molar-refractivity contribution < 1.29 is 9.59 Å². The van der Waals surface area contributed by atoms with Gasteiger partial charge in [0.1, 0.15) is 0 Å². The van der Waals surface area contributed by atoms with Crippen LogP contribution in [0.3, 0.4) is 0 Å². The maximum absolute atomic E-state index is 9.99. The molecule has 1 rings (SSSR count). The van der Waals surface area contributed by atoms with E-state index in [1.165, 1.54) is 0 Å². The van der Waals surface area contributed by atoms with Crippen LogP contribution in [0.15, 0.2) is 10.2 Å². The Morgan fingerprint density at radius 3 is 2.38 bits per heavy atom. The minimum atomic E-state index is -0.787. The van der Waals surface area contributed by atoms with Gasteiger partial charge in [-0.2, -0.15) is 0 Å². The Morgan fingerprint density at radius 2 is 2.00 bits per heavy atom. The van der Waals surface area contributed by atoms with Crippen LogP contribution in [-0.2, 0) is 0 Å². The fourth-order valence-electron chi connectivity index (χ4n) is 0.229. The van der Waals surface area contributed by atoms with Gasteiger partial charge >= 0.3 is 12.1 Å². The lowest BCUT2D eigenvalue weighted by Crippen LogP contribution is -2.35. The molecule has 0 saturated carbocycles. The number of urea groups is 2. The first kappa shape index (κ1) is 4.69. The summed E-state index contributed by atoms with van der Waals surface area (Å²) >= 11 is 0. The van der Waals surface area contributed by atoms with Crippen molar-refractivity contribution in [2.75, 3.05) is 0 Å². The number of hydrogen-bond acceptors (Lipinski definition) is 2. The highest BCUT2D eigenvalue weighted by molar-refractivity contribution is 5.84. The molecule has 1 radical (unpaired) electrons. The number of nitrogens with zero attached hydrogens (tertiary/aromatic N) is 3. The molecule has 0 saturated heterocycles. The highest BCUT2D eigenvalue weighted by Gasteiger charge is 2.09. The van der Waals surface area contributed by atoms with Gasteiger partial charge in [-0.1, -0.05) is 10.2 Å². The molecule has 1 aliphatic rings. The number of rotatable bonds is 0. The fraction of sp³-hybridized carbons (Fsp3) is 0. The molecule has 1 N–H and O–H groups in total. The van der Waals surface area contributed by atoms with Crippen LogP contribution in [0.25, 0.3) is 0 Å². The number of hydrogen-bond donors (Lipinski definition) is 1. The maximum atomic E-state index is 9.99. The summed E-state index contributed by atoms with van der Waals surface area (Å²) in [6, 6.07) is -1.51. The summed E-state index contributed by atoms with van der Waals surface area (Å²) in [5.74, 6) is 0. The number of carbonyl (C=O) groups is 2. The second-order valence-corrected chi connectivity index (χ2v) is 1.01. The maximum Gasteiger partial charge on any atom is 0.402 e. The highest BCUT2D eigenvalue weighted by Crippen LogP contribution is 1.85. The quantitative estimate of drug-likeness (QED) is 0.471. The van der Waals surface area contributed by atoms with Gasteiger partial charge in [0.2, 0.25) is 0 Å². The van der Waals surface area contributed by atoms with E-state index in [4.69, 9.17) is 0 Å². The smallest absolute Gasteiger partial charge is 0.243 e. The van der Waals surface area contributed by atoms with Gasteiger partial charge < -0.3 is 0 Å². The largest absolute Gasteiger partial charge is 0.402 e.